The summed E-state index contributed by atoms with van der Waals surface area (Å²) in [4.78, 5) is 11.6. The lowest BCUT2D eigenvalue weighted by Crippen LogP contribution is -2.27. The summed E-state index contributed by atoms with van der Waals surface area (Å²) in [5, 5.41) is 3.27. The van der Waals surface area contributed by atoms with Gasteiger partial charge >= 0.3 is 0 Å². The van der Waals surface area contributed by atoms with E-state index in [1.165, 1.54) is 0 Å². The van der Waals surface area contributed by atoms with Gasteiger partial charge in [-0.05, 0) is 26.0 Å². The minimum Gasteiger partial charge on any atom is -0.315 e. The topological polar surface area (TPSA) is 34.0 Å². The Labute approximate surface area is 84.8 Å². The highest BCUT2D eigenvalue weighted by molar-refractivity contribution is 5.07. The largest absolute Gasteiger partial charge is 0.315 e. The number of pyridine rings is 1. The van der Waals surface area contributed by atoms with Crippen LogP contribution in [0.4, 0.5) is 0 Å². The molecule has 0 fully saturated rings. The molecule has 0 spiro atoms. The molecule has 14 heavy (non-hydrogen) atoms. The maximum Gasteiger partial charge on any atom is 0.253 e. The van der Waals surface area contributed by atoms with Gasteiger partial charge in [-0.25, -0.2) is 0 Å². The van der Waals surface area contributed by atoms with Crippen molar-refractivity contribution in [2.24, 2.45) is 0 Å². The highest BCUT2D eigenvalue weighted by atomic mass is 16.1. The van der Waals surface area contributed by atoms with Crippen molar-refractivity contribution in [3.05, 3.63) is 34.2 Å². The van der Waals surface area contributed by atoms with E-state index in [-0.39, 0.29) is 5.56 Å². The van der Waals surface area contributed by atoms with Crippen molar-refractivity contribution in [3.8, 4) is 0 Å². The van der Waals surface area contributed by atoms with E-state index in [9.17, 15) is 4.79 Å². The minimum absolute atomic E-state index is 0.116. The molecule has 3 heteroatoms. The van der Waals surface area contributed by atoms with Crippen LogP contribution < -0.4 is 10.9 Å². The van der Waals surface area contributed by atoms with Gasteiger partial charge in [-0.15, -0.1) is 0 Å². The quantitative estimate of drug-likeness (QED) is 0.714. The van der Waals surface area contributed by atoms with Crippen LogP contribution in [0.3, 0.4) is 0 Å². The Hall–Kier alpha value is -1.09. The molecule has 0 aromatic carbocycles. The molecule has 0 aliphatic carbocycles. The van der Waals surface area contributed by atoms with Crippen LogP contribution in [0.15, 0.2) is 23.1 Å². The molecule has 1 aromatic rings. The number of rotatable bonds is 5. The van der Waals surface area contributed by atoms with Crippen molar-refractivity contribution in [2.75, 3.05) is 13.1 Å². The van der Waals surface area contributed by atoms with Crippen LogP contribution in [0.5, 0.6) is 0 Å². The smallest absolute Gasteiger partial charge is 0.253 e. The average Bonchev–Trinajstić information content (AvgIpc) is 2.19. The Kier molecular flexibility index (Phi) is 4.40. The standard InChI is InChI=1S/C11H18N2O/c1-3-6-12-7-9-13-8-4-5-10(2)11(13)14/h4-5,8,12H,3,6-7,9H2,1-2H3. The van der Waals surface area contributed by atoms with E-state index < -0.39 is 0 Å². The summed E-state index contributed by atoms with van der Waals surface area (Å²) < 4.78 is 1.75. The molecule has 0 aliphatic rings. The summed E-state index contributed by atoms with van der Waals surface area (Å²) in [6, 6.07) is 3.76. The van der Waals surface area contributed by atoms with Crippen molar-refractivity contribution < 1.29 is 0 Å². The maximum atomic E-state index is 11.6. The summed E-state index contributed by atoms with van der Waals surface area (Å²) in [6.07, 6.45) is 2.96. The van der Waals surface area contributed by atoms with E-state index in [0.717, 1.165) is 31.6 Å². The molecular weight excluding hydrogens is 176 g/mol. The van der Waals surface area contributed by atoms with Crippen LogP contribution in [0.1, 0.15) is 18.9 Å². The number of aromatic nitrogens is 1. The molecule has 78 valence electrons. The van der Waals surface area contributed by atoms with Crippen LogP contribution >= 0.6 is 0 Å². The first kappa shape index (κ1) is 11.0. The summed E-state index contributed by atoms with van der Waals surface area (Å²) in [6.45, 7) is 6.60. The fraction of sp³-hybridized carbons (Fsp3) is 0.545. The SMILES string of the molecule is CCCNCCn1cccc(C)c1=O. The molecule has 1 aromatic heterocycles. The van der Waals surface area contributed by atoms with E-state index in [1.807, 2.05) is 25.3 Å². The Morgan fingerprint density at radius 2 is 2.21 bits per heavy atom. The zero-order valence-corrected chi connectivity index (χ0v) is 8.92. The molecular formula is C11H18N2O. The molecule has 1 rings (SSSR count). The van der Waals surface area contributed by atoms with Crippen molar-refractivity contribution in [1.29, 1.82) is 0 Å². The molecule has 1 N–H and O–H groups in total. The third-order valence-corrected chi connectivity index (χ3v) is 2.17. The number of nitrogens with one attached hydrogen (secondary N) is 1. The van der Waals surface area contributed by atoms with Crippen LogP contribution in [0, 0.1) is 6.92 Å². The van der Waals surface area contributed by atoms with Gasteiger partial charge in [0.05, 0.1) is 0 Å². The number of hydrogen-bond donors (Lipinski definition) is 1. The molecule has 0 unspecified atom stereocenters. The summed E-state index contributed by atoms with van der Waals surface area (Å²) in [5.74, 6) is 0. The van der Waals surface area contributed by atoms with Gasteiger partial charge in [0.25, 0.3) is 5.56 Å². The number of nitrogens with zero attached hydrogens (tertiary/aromatic N) is 1. The third kappa shape index (κ3) is 3.00. The van der Waals surface area contributed by atoms with Gasteiger partial charge in [0.15, 0.2) is 0 Å². The summed E-state index contributed by atoms with van der Waals surface area (Å²) in [5.41, 5.74) is 0.925. The fourth-order valence-corrected chi connectivity index (χ4v) is 1.33. The molecule has 0 saturated carbocycles. The average molecular weight is 194 g/mol. The van der Waals surface area contributed by atoms with E-state index in [2.05, 4.69) is 12.2 Å². The van der Waals surface area contributed by atoms with E-state index in [0.29, 0.717) is 0 Å². The van der Waals surface area contributed by atoms with Gasteiger partial charge in [-0.2, -0.15) is 0 Å². The second-order valence-corrected chi connectivity index (χ2v) is 3.44. The van der Waals surface area contributed by atoms with Gasteiger partial charge in [-0.1, -0.05) is 13.0 Å². The van der Waals surface area contributed by atoms with Gasteiger partial charge in [0, 0.05) is 24.8 Å². The first-order chi connectivity index (χ1) is 6.75. The van der Waals surface area contributed by atoms with E-state index in [4.69, 9.17) is 0 Å². The predicted molar refractivity (Wildman–Crippen MR) is 58.6 cm³/mol. The number of hydrogen-bond acceptors (Lipinski definition) is 2. The van der Waals surface area contributed by atoms with Gasteiger partial charge < -0.3 is 9.88 Å². The summed E-state index contributed by atoms with van der Waals surface area (Å²) in [7, 11) is 0. The van der Waals surface area contributed by atoms with Gasteiger partial charge in [0.2, 0.25) is 0 Å². The zero-order valence-electron chi connectivity index (χ0n) is 8.92. The molecule has 3 nitrogen and oxygen atoms in total. The molecule has 0 amide bonds. The van der Waals surface area contributed by atoms with Crippen LogP contribution in [-0.4, -0.2) is 17.7 Å². The van der Waals surface area contributed by atoms with Crippen LogP contribution in [0.2, 0.25) is 0 Å². The van der Waals surface area contributed by atoms with Crippen molar-refractivity contribution in [2.45, 2.75) is 26.8 Å². The third-order valence-electron chi connectivity index (χ3n) is 2.17. The first-order valence-electron chi connectivity index (χ1n) is 5.12. The second kappa shape index (κ2) is 5.60. The van der Waals surface area contributed by atoms with E-state index >= 15 is 0 Å². The zero-order chi connectivity index (χ0) is 10.4. The Bertz CT molecular complexity index is 330. The lowest BCUT2D eigenvalue weighted by molar-refractivity contribution is 0.580. The Balaban J connectivity index is 2.51. The van der Waals surface area contributed by atoms with Crippen molar-refractivity contribution in [3.63, 3.8) is 0 Å². The van der Waals surface area contributed by atoms with Crippen LogP contribution in [-0.2, 0) is 6.54 Å². The molecule has 0 saturated heterocycles. The van der Waals surface area contributed by atoms with Crippen LogP contribution in [0.25, 0.3) is 0 Å². The highest BCUT2D eigenvalue weighted by Gasteiger charge is 1.96. The molecule has 0 bridgehead atoms. The maximum absolute atomic E-state index is 11.6. The molecule has 0 radical (unpaired) electrons. The Morgan fingerprint density at radius 3 is 2.93 bits per heavy atom. The van der Waals surface area contributed by atoms with Crippen molar-refractivity contribution >= 4 is 0 Å². The minimum atomic E-state index is 0.116. The highest BCUT2D eigenvalue weighted by Crippen LogP contribution is 1.88. The fourth-order valence-electron chi connectivity index (χ4n) is 1.33. The van der Waals surface area contributed by atoms with Gasteiger partial charge in [0.1, 0.15) is 0 Å². The second-order valence-electron chi connectivity index (χ2n) is 3.44. The number of aryl methyl sites for hydroxylation is 1. The van der Waals surface area contributed by atoms with Gasteiger partial charge in [-0.3, -0.25) is 4.79 Å². The first-order valence-corrected chi connectivity index (χ1v) is 5.12. The monoisotopic (exact) mass is 194 g/mol. The molecule has 1 heterocycles. The Morgan fingerprint density at radius 1 is 1.43 bits per heavy atom. The predicted octanol–water partition coefficient (Wildman–Crippen LogP) is 1.16. The lowest BCUT2D eigenvalue weighted by Gasteiger charge is -2.06. The van der Waals surface area contributed by atoms with Crippen molar-refractivity contribution in [1.82, 2.24) is 9.88 Å². The van der Waals surface area contributed by atoms with E-state index in [1.54, 1.807) is 4.57 Å². The molecule has 0 aliphatic heterocycles. The summed E-state index contributed by atoms with van der Waals surface area (Å²) >= 11 is 0. The normalized spacial score (nSPS) is 10.4. The lowest BCUT2D eigenvalue weighted by atomic mass is 10.3. The molecule has 0 atom stereocenters.